The molecule has 14 heavy (non-hydrogen) atoms. The molecule has 4 heteroatoms. The van der Waals surface area contributed by atoms with Crippen molar-refractivity contribution in [3.63, 3.8) is 0 Å². The van der Waals surface area contributed by atoms with Gasteiger partial charge in [0.2, 0.25) is 0 Å². The van der Waals surface area contributed by atoms with Gasteiger partial charge < -0.3 is 14.6 Å². The summed E-state index contributed by atoms with van der Waals surface area (Å²) in [5.74, 6) is 0. The van der Waals surface area contributed by atoms with Gasteiger partial charge in [-0.05, 0) is 20.8 Å². The molecule has 0 aromatic carbocycles. The van der Waals surface area contributed by atoms with Crippen LogP contribution in [0, 0.1) is 0 Å². The van der Waals surface area contributed by atoms with E-state index in [1.807, 2.05) is 20.8 Å². The Balaban J connectivity index is 3.73. The summed E-state index contributed by atoms with van der Waals surface area (Å²) in [5, 5.41) is 9.32. The highest BCUT2D eigenvalue weighted by Crippen LogP contribution is 2.10. The number of ether oxygens (including phenoxy) is 2. The smallest absolute Gasteiger partial charge is 0.178 e. The Morgan fingerprint density at radius 1 is 1.50 bits per heavy atom. The van der Waals surface area contributed by atoms with Gasteiger partial charge in [0.1, 0.15) is 12.8 Å². The van der Waals surface area contributed by atoms with Crippen LogP contribution in [0.4, 0.5) is 4.39 Å². The molecule has 0 radical (unpaired) electrons. The van der Waals surface area contributed by atoms with Gasteiger partial charge in [-0.3, -0.25) is 0 Å². The molecule has 0 spiro atoms. The first-order valence-electron chi connectivity index (χ1n) is 4.55. The molecule has 1 N–H and O–H groups in total. The number of alkyl halides is 1. The van der Waals surface area contributed by atoms with Gasteiger partial charge >= 0.3 is 0 Å². The molecule has 0 saturated carbocycles. The Hall–Kier alpha value is -0.450. The van der Waals surface area contributed by atoms with Gasteiger partial charge in [-0.2, -0.15) is 0 Å². The van der Waals surface area contributed by atoms with Gasteiger partial charge in [0.15, 0.2) is 6.29 Å². The number of rotatable bonds is 6. The highest BCUT2D eigenvalue weighted by atomic mass is 19.1. The predicted molar refractivity (Wildman–Crippen MR) is 52.8 cm³/mol. The quantitative estimate of drug-likeness (QED) is 0.530. The Morgan fingerprint density at radius 2 is 2.07 bits per heavy atom. The molecule has 0 heterocycles. The van der Waals surface area contributed by atoms with Crippen LogP contribution >= 0.6 is 0 Å². The van der Waals surface area contributed by atoms with Crippen LogP contribution in [-0.4, -0.2) is 36.4 Å². The molecule has 0 aliphatic rings. The minimum atomic E-state index is -1.04. The van der Waals surface area contributed by atoms with Crippen LogP contribution in [0.1, 0.15) is 20.8 Å². The third kappa shape index (κ3) is 7.00. The zero-order valence-corrected chi connectivity index (χ0v) is 9.00. The molecule has 0 aliphatic carbocycles. The van der Waals surface area contributed by atoms with E-state index in [2.05, 4.69) is 6.58 Å². The van der Waals surface area contributed by atoms with Gasteiger partial charge in [0.25, 0.3) is 0 Å². The van der Waals surface area contributed by atoms with Crippen LogP contribution in [0.5, 0.6) is 0 Å². The molecule has 0 bridgehead atoms. The van der Waals surface area contributed by atoms with Gasteiger partial charge in [-0.15, -0.1) is 6.58 Å². The summed E-state index contributed by atoms with van der Waals surface area (Å²) in [6, 6.07) is 0. The molecule has 0 aliphatic heterocycles. The van der Waals surface area contributed by atoms with E-state index in [0.29, 0.717) is 0 Å². The average Bonchev–Trinajstić information content (AvgIpc) is 2.03. The summed E-state index contributed by atoms with van der Waals surface area (Å²) in [6.07, 6.45) is -0.360. The van der Waals surface area contributed by atoms with Crippen molar-refractivity contribution in [2.24, 2.45) is 0 Å². The second-order valence-electron chi connectivity index (χ2n) is 3.95. The zero-order chi connectivity index (χ0) is 11.2. The van der Waals surface area contributed by atoms with Gasteiger partial charge in [0.05, 0.1) is 12.2 Å². The van der Waals surface area contributed by atoms with Crippen LogP contribution in [0.15, 0.2) is 12.7 Å². The maximum absolute atomic E-state index is 12.1. The molecule has 0 aromatic rings. The molecule has 84 valence electrons. The van der Waals surface area contributed by atoms with E-state index >= 15 is 0 Å². The molecule has 3 nitrogen and oxygen atoms in total. The summed E-state index contributed by atoms with van der Waals surface area (Å²) < 4.78 is 22.3. The molecule has 0 fully saturated rings. The van der Waals surface area contributed by atoms with E-state index in [-0.39, 0.29) is 6.61 Å². The van der Waals surface area contributed by atoms with Crippen molar-refractivity contribution in [1.82, 2.24) is 0 Å². The van der Waals surface area contributed by atoms with Crippen molar-refractivity contribution in [2.45, 2.75) is 38.8 Å². The molecule has 2 atom stereocenters. The third-order valence-corrected chi connectivity index (χ3v) is 1.36. The Labute approximate surface area is 84.5 Å². The van der Waals surface area contributed by atoms with E-state index in [1.54, 1.807) is 0 Å². The lowest BCUT2D eigenvalue weighted by Gasteiger charge is -2.24. The van der Waals surface area contributed by atoms with Crippen LogP contribution in [0.2, 0.25) is 0 Å². The molecule has 0 amide bonds. The van der Waals surface area contributed by atoms with Crippen LogP contribution in [-0.2, 0) is 9.47 Å². The molecular formula is C10H19FO3. The lowest BCUT2D eigenvalue weighted by atomic mass is 10.2. The van der Waals surface area contributed by atoms with Gasteiger partial charge in [-0.1, -0.05) is 6.08 Å². The van der Waals surface area contributed by atoms with Gasteiger partial charge in [0, 0.05) is 0 Å². The van der Waals surface area contributed by atoms with Crippen molar-refractivity contribution >= 4 is 0 Å². The summed E-state index contributed by atoms with van der Waals surface area (Å²) in [6.45, 7) is 8.14. The third-order valence-electron chi connectivity index (χ3n) is 1.36. The Morgan fingerprint density at radius 3 is 2.43 bits per heavy atom. The Bertz CT molecular complexity index is 165. The fraction of sp³-hybridized carbons (Fsp3) is 0.800. The number of hydrogen-bond donors (Lipinski definition) is 1. The highest BCUT2D eigenvalue weighted by molar-refractivity contribution is 4.79. The normalized spacial score (nSPS) is 16.4. The summed E-state index contributed by atoms with van der Waals surface area (Å²) >= 11 is 0. The zero-order valence-electron chi connectivity index (χ0n) is 9.00. The summed E-state index contributed by atoms with van der Waals surface area (Å²) in [7, 11) is 0. The first-order chi connectivity index (χ1) is 6.39. The van der Waals surface area contributed by atoms with Crippen molar-refractivity contribution in [1.29, 1.82) is 0 Å². The standard InChI is InChI=1S/C10H19FO3/c1-5-8(6-11)13-7-9(12)14-10(2,3)4/h5,8-9,12H,1,6-7H2,2-4H3/t8-,9?/m0/s1. The van der Waals surface area contributed by atoms with Gasteiger partial charge in [-0.25, -0.2) is 4.39 Å². The molecule has 0 aromatic heterocycles. The number of aliphatic hydroxyl groups excluding tert-OH is 1. The first kappa shape index (κ1) is 13.5. The van der Waals surface area contributed by atoms with Crippen LogP contribution in [0.3, 0.4) is 0 Å². The fourth-order valence-corrected chi connectivity index (χ4v) is 0.824. The van der Waals surface area contributed by atoms with E-state index in [9.17, 15) is 9.50 Å². The van der Waals surface area contributed by atoms with E-state index in [0.717, 1.165) is 0 Å². The minimum absolute atomic E-state index is 0.0577. The minimum Gasteiger partial charge on any atom is -0.366 e. The van der Waals surface area contributed by atoms with Crippen molar-refractivity contribution < 1.29 is 19.0 Å². The van der Waals surface area contributed by atoms with Crippen LogP contribution < -0.4 is 0 Å². The van der Waals surface area contributed by atoms with Crippen molar-refractivity contribution in [3.05, 3.63) is 12.7 Å². The largest absolute Gasteiger partial charge is 0.366 e. The highest BCUT2D eigenvalue weighted by Gasteiger charge is 2.17. The van der Waals surface area contributed by atoms with E-state index < -0.39 is 24.7 Å². The van der Waals surface area contributed by atoms with Crippen molar-refractivity contribution in [2.75, 3.05) is 13.3 Å². The second kappa shape index (κ2) is 6.11. The molecule has 0 rings (SSSR count). The average molecular weight is 206 g/mol. The predicted octanol–water partition coefficient (Wildman–Crippen LogP) is 1.66. The van der Waals surface area contributed by atoms with Crippen LogP contribution in [0.25, 0.3) is 0 Å². The number of hydrogen-bond acceptors (Lipinski definition) is 3. The van der Waals surface area contributed by atoms with Crippen molar-refractivity contribution in [3.8, 4) is 0 Å². The monoisotopic (exact) mass is 206 g/mol. The van der Waals surface area contributed by atoms with E-state index in [4.69, 9.17) is 9.47 Å². The maximum Gasteiger partial charge on any atom is 0.178 e. The SMILES string of the molecule is C=C[C@@H](CF)OCC(O)OC(C)(C)C. The van der Waals surface area contributed by atoms with E-state index in [1.165, 1.54) is 6.08 Å². The maximum atomic E-state index is 12.1. The lowest BCUT2D eigenvalue weighted by Crippen LogP contribution is -2.32. The lowest BCUT2D eigenvalue weighted by molar-refractivity contribution is -0.195. The summed E-state index contributed by atoms with van der Waals surface area (Å²) in [5.41, 5.74) is -0.442. The molecular weight excluding hydrogens is 187 g/mol. The Kier molecular flexibility index (Phi) is 5.92. The number of aliphatic hydroxyl groups is 1. The molecule has 1 unspecified atom stereocenters. The first-order valence-corrected chi connectivity index (χ1v) is 4.55. The topological polar surface area (TPSA) is 38.7 Å². The summed E-state index contributed by atoms with van der Waals surface area (Å²) in [4.78, 5) is 0. The second-order valence-corrected chi connectivity index (χ2v) is 3.95. The fourth-order valence-electron chi connectivity index (χ4n) is 0.824. The number of halogens is 1. The molecule has 0 saturated heterocycles.